The monoisotopic (exact) mass is 354 g/mol. The molecule has 3 heteroatoms. The molecule has 0 atom stereocenters. The second kappa shape index (κ2) is 7.92. The number of aromatic nitrogens is 1. The highest BCUT2D eigenvalue weighted by molar-refractivity contribution is 5.88. The quantitative estimate of drug-likeness (QED) is 0.523. The van der Waals surface area contributed by atoms with Gasteiger partial charge >= 0.3 is 0 Å². The Labute approximate surface area is 159 Å². The molecule has 0 saturated carbocycles. The number of carbonyl (C=O) groups excluding carboxylic acids is 1. The van der Waals surface area contributed by atoms with E-state index >= 15 is 0 Å². The van der Waals surface area contributed by atoms with Crippen LogP contribution in [-0.2, 0) is 24.3 Å². The van der Waals surface area contributed by atoms with Crippen molar-refractivity contribution in [3.8, 4) is 0 Å². The third kappa shape index (κ3) is 4.09. The number of rotatable bonds is 6. The number of aromatic amines is 1. The molecule has 0 spiro atoms. The number of nitrogens with zero attached hydrogens (tertiary/aromatic N) is 1. The van der Waals surface area contributed by atoms with E-state index in [4.69, 9.17) is 0 Å². The summed E-state index contributed by atoms with van der Waals surface area (Å²) in [6.45, 7) is 1.22. The van der Waals surface area contributed by atoms with E-state index in [2.05, 4.69) is 35.3 Å². The van der Waals surface area contributed by atoms with Crippen LogP contribution in [-0.4, -0.2) is 15.8 Å². The largest absolute Gasteiger partial charge is 0.361 e. The van der Waals surface area contributed by atoms with Gasteiger partial charge in [0.2, 0.25) is 5.91 Å². The average molecular weight is 354 g/mol. The molecule has 0 fully saturated rings. The molecule has 0 saturated heterocycles. The highest BCUT2D eigenvalue weighted by Crippen LogP contribution is 2.20. The van der Waals surface area contributed by atoms with Crippen LogP contribution in [0.1, 0.15) is 16.7 Å². The molecule has 1 aromatic heterocycles. The Morgan fingerprint density at radius 1 is 0.741 bits per heavy atom. The zero-order chi connectivity index (χ0) is 18.5. The Balaban J connectivity index is 1.57. The van der Waals surface area contributed by atoms with Crippen molar-refractivity contribution in [1.29, 1.82) is 0 Å². The SMILES string of the molecule is O=C(Cc1c[nH]c2ccccc12)N(Cc1ccccc1)Cc1ccccc1. The fourth-order valence-corrected chi connectivity index (χ4v) is 3.39. The molecule has 4 aromatic rings. The molecule has 1 amide bonds. The van der Waals surface area contributed by atoms with E-state index in [0.29, 0.717) is 19.5 Å². The Morgan fingerprint density at radius 3 is 1.93 bits per heavy atom. The molecule has 0 aliphatic carbocycles. The van der Waals surface area contributed by atoms with Crippen molar-refractivity contribution in [3.63, 3.8) is 0 Å². The molecule has 4 rings (SSSR count). The van der Waals surface area contributed by atoms with Crippen molar-refractivity contribution in [1.82, 2.24) is 9.88 Å². The molecule has 0 aliphatic rings. The predicted molar refractivity (Wildman–Crippen MR) is 109 cm³/mol. The average Bonchev–Trinajstić information content (AvgIpc) is 3.12. The second-order valence-corrected chi connectivity index (χ2v) is 6.76. The van der Waals surface area contributed by atoms with E-state index in [1.165, 1.54) is 0 Å². The Hall–Kier alpha value is -3.33. The van der Waals surface area contributed by atoms with Crippen LogP contribution in [0.5, 0.6) is 0 Å². The fourth-order valence-electron chi connectivity index (χ4n) is 3.39. The Morgan fingerprint density at radius 2 is 1.30 bits per heavy atom. The van der Waals surface area contributed by atoms with Crippen molar-refractivity contribution in [2.45, 2.75) is 19.5 Å². The van der Waals surface area contributed by atoms with Crippen molar-refractivity contribution in [3.05, 3.63) is 108 Å². The summed E-state index contributed by atoms with van der Waals surface area (Å²) in [6, 6.07) is 28.4. The van der Waals surface area contributed by atoms with E-state index in [1.807, 2.05) is 65.7 Å². The minimum Gasteiger partial charge on any atom is -0.361 e. The molecular weight excluding hydrogens is 332 g/mol. The highest BCUT2D eigenvalue weighted by atomic mass is 16.2. The van der Waals surface area contributed by atoms with Gasteiger partial charge in [-0.2, -0.15) is 0 Å². The molecule has 3 nitrogen and oxygen atoms in total. The van der Waals surface area contributed by atoms with Gasteiger partial charge in [-0.15, -0.1) is 0 Å². The molecule has 27 heavy (non-hydrogen) atoms. The number of H-pyrrole nitrogens is 1. The third-order valence-electron chi connectivity index (χ3n) is 4.80. The minimum absolute atomic E-state index is 0.132. The van der Waals surface area contributed by atoms with Crippen molar-refractivity contribution >= 4 is 16.8 Å². The van der Waals surface area contributed by atoms with E-state index in [-0.39, 0.29) is 5.91 Å². The van der Waals surface area contributed by atoms with Crippen LogP contribution in [0.3, 0.4) is 0 Å². The maximum absolute atomic E-state index is 13.2. The predicted octanol–water partition coefficient (Wildman–Crippen LogP) is 4.94. The van der Waals surface area contributed by atoms with E-state index in [0.717, 1.165) is 27.6 Å². The van der Waals surface area contributed by atoms with E-state index in [9.17, 15) is 4.79 Å². The van der Waals surface area contributed by atoms with Gasteiger partial charge in [0.25, 0.3) is 0 Å². The van der Waals surface area contributed by atoms with Crippen LogP contribution in [0.15, 0.2) is 91.1 Å². The highest BCUT2D eigenvalue weighted by Gasteiger charge is 2.17. The number of para-hydroxylation sites is 1. The number of carbonyl (C=O) groups is 1. The van der Waals surface area contributed by atoms with Gasteiger partial charge in [0.1, 0.15) is 0 Å². The summed E-state index contributed by atoms with van der Waals surface area (Å²) in [6.07, 6.45) is 2.34. The molecule has 1 N–H and O–H groups in total. The maximum Gasteiger partial charge on any atom is 0.227 e. The van der Waals surface area contributed by atoms with Gasteiger partial charge in [-0.25, -0.2) is 0 Å². The lowest BCUT2D eigenvalue weighted by atomic mass is 10.1. The van der Waals surface area contributed by atoms with Crippen LogP contribution in [0.4, 0.5) is 0 Å². The molecule has 0 unspecified atom stereocenters. The number of nitrogens with one attached hydrogen (secondary N) is 1. The van der Waals surface area contributed by atoms with Gasteiger partial charge in [-0.05, 0) is 22.8 Å². The summed E-state index contributed by atoms with van der Waals surface area (Å²) < 4.78 is 0. The third-order valence-corrected chi connectivity index (χ3v) is 4.80. The van der Waals surface area contributed by atoms with Crippen LogP contribution >= 0.6 is 0 Å². The lowest BCUT2D eigenvalue weighted by molar-refractivity contribution is -0.131. The molecular formula is C24H22N2O. The number of hydrogen-bond acceptors (Lipinski definition) is 1. The van der Waals surface area contributed by atoms with Gasteiger partial charge < -0.3 is 9.88 Å². The lowest BCUT2D eigenvalue weighted by Gasteiger charge is -2.23. The smallest absolute Gasteiger partial charge is 0.227 e. The zero-order valence-electron chi connectivity index (χ0n) is 15.1. The van der Waals surface area contributed by atoms with Crippen LogP contribution in [0, 0.1) is 0 Å². The van der Waals surface area contributed by atoms with Crippen LogP contribution < -0.4 is 0 Å². The van der Waals surface area contributed by atoms with Crippen molar-refractivity contribution in [2.24, 2.45) is 0 Å². The van der Waals surface area contributed by atoms with Crippen LogP contribution in [0.2, 0.25) is 0 Å². The first kappa shape index (κ1) is 17.1. The number of benzene rings is 3. The van der Waals surface area contributed by atoms with Gasteiger partial charge in [0.15, 0.2) is 0 Å². The van der Waals surface area contributed by atoms with Crippen molar-refractivity contribution in [2.75, 3.05) is 0 Å². The Bertz CT molecular complexity index is 980. The molecule has 134 valence electrons. The first-order valence-electron chi connectivity index (χ1n) is 9.20. The van der Waals surface area contributed by atoms with Gasteiger partial charge in [-0.1, -0.05) is 78.9 Å². The number of amides is 1. The summed E-state index contributed by atoms with van der Waals surface area (Å²) in [5, 5.41) is 1.12. The number of hydrogen-bond donors (Lipinski definition) is 1. The molecule has 3 aromatic carbocycles. The first-order chi connectivity index (χ1) is 13.3. The normalized spacial score (nSPS) is 10.8. The fraction of sp³-hybridized carbons (Fsp3) is 0.125. The van der Waals surface area contributed by atoms with Gasteiger partial charge in [0.05, 0.1) is 6.42 Å². The summed E-state index contributed by atoms with van der Waals surface area (Å²) in [5.74, 6) is 0.132. The van der Waals surface area contributed by atoms with E-state index in [1.54, 1.807) is 0 Å². The summed E-state index contributed by atoms with van der Waals surface area (Å²) in [7, 11) is 0. The number of fused-ring (bicyclic) bond motifs is 1. The molecule has 0 bridgehead atoms. The minimum atomic E-state index is 0.132. The Kier molecular flexibility index (Phi) is 5.01. The lowest BCUT2D eigenvalue weighted by Crippen LogP contribution is -2.31. The molecule has 1 heterocycles. The zero-order valence-corrected chi connectivity index (χ0v) is 15.1. The maximum atomic E-state index is 13.2. The van der Waals surface area contributed by atoms with Gasteiger partial charge in [0, 0.05) is 30.2 Å². The summed E-state index contributed by atoms with van der Waals surface area (Å²) in [5.41, 5.74) is 4.39. The first-order valence-corrected chi connectivity index (χ1v) is 9.20. The van der Waals surface area contributed by atoms with E-state index < -0.39 is 0 Å². The van der Waals surface area contributed by atoms with Crippen LogP contribution in [0.25, 0.3) is 10.9 Å². The standard InChI is InChI=1S/C24H22N2O/c27-24(15-21-16-25-23-14-8-7-13-22(21)23)26(17-19-9-3-1-4-10-19)18-20-11-5-2-6-12-20/h1-14,16,25H,15,17-18H2. The second-order valence-electron chi connectivity index (χ2n) is 6.76. The summed E-state index contributed by atoms with van der Waals surface area (Å²) in [4.78, 5) is 18.4. The van der Waals surface area contributed by atoms with Gasteiger partial charge in [-0.3, -0.25) is 4.79 Å². The topological polar surface area (TPSA) is 36.1 Å². The van der Waals surface area contributed by atoms with Crippen molar-refractivity contribution < 1.29 is 4.79 Å². The summed E-state index contributed by atoms with van der Waals surface area (Å²) >= 11 is 0. The molecule has 0 aliphatic heterocycles. The molecule has 0 radical (unpaired) electrons.